The minimum Gasteiger partial charge on any atom is -0.490 e. The largest absolute Gasteiger partial charge is 0.490 e. The normalized spacial score (nSPS) is 10.3. The van der Waals surface area contributed by atoms with Gasteiger partial charge in [0.1, 0.15) is 12.4 Å². The van der Waals surface area contributed by atoms with E-state index in [-0.39, 0.29) is 12.4 Å². The van der Waals surface area contributed by atoms with E-state index in [1.165, 1.54) is 6.07 Å². The number of benzene rings is 2. The van der Waals surface area contributed by atoms with Crippen LogP contribution in [0.3, 0.4) is 0 Å². The number of hydrogen-bond acceptors (Lipinski definition) is 3. The maximum Gasteiger partial charge on any atom is 0.161 e. The van der Waals surface area contributed by atoms with Crippen molar-refractivity contribution >= 4 is 5.69 Å². The first-order chi connectivity index (χ1) is 9.72. The number of anilines is 1. The molecule has 2 aromatic carbocycles. The Morgan fingerprint density at radius 1 is 1.00 bits per heavy atom. The fourth-order valence-electron chi connectivity index (χ4n) is 1.78. The van der Waals surface area contributed by atoms with Crippen molar-refractivity contribution in [3.8, 4) is 11.5 Å². The van der Waals surface area contributed by atoms with E-state index >= 15 is 0 Å². The second kappa shape index (κ2) is 6.80. The highest BCUT2D eigenvalue weighted by atomic mass is 19.1. The summed E-state index contributed by atoms with van der Waals surface area (Å²) < 4.78 is 24.9. The van der Waals surface area contributed by atoms with Crippen LogP contribution in [0.5, 0.6) is 11.5 Å². The van der Waals surface area contributed by atoms with E-state index in [4.69, 9.17) is 15.2 Å². The SMILES string of the molecule is CCCOc1ccccc1OCc1c(N)cccc1F. The molecule has 20 heavy (non-hydrogen) atoms. The van der Waals surface area contributed by atoms with Crippen molar-refractivity contribution in [2.45, 2.75) is 20.0 Å². The van der Waals surface area contributed by atoms with Crippen LogP contribution in [0, 0.1) is 5.82 Å². The molecule has 0 saturated heterocycles. The molecule has 3 nitrogen and oxygen atoms in total. The van der Waals surface area contributed by atoms with Gasteiger partial charge in [-0.2, -0.15) is 0 Å². The Kier molecular flexibility index (Phi) is 4.82. The monoisotopic (exact) mass is 275 g/mol. The molecule has 2 rings (SSSR count). The summed E-state index contributed by atoms with van der Waals surface area (Å²) in [5, 5.41) is 0. The molecule has 0 spiro atoms. The van der Waals surface area contributed by atoms with Gasteiger partial charge in [0.2, 0.25) is 0 Å². The summed E-state index contributed by atoms with van der Waals surface area (Å²) in [5.74, 6) is 0.879. The minimum absolute atomic E-state index is 0.0744. The lowest BCUT2D eigenvalue weighted by molar-refractivity contribution is 0.259. The topological polar surface area (TPSA) is 44.5 Å². The fourth-order valence-corrected chi connectivity index (χ4v) is 1.78. The Morgan fingerprint density at radius 2 is 1.70 bits per heavy atom. The third-order valence-corrected chi connectivity index (χ3v) is 2.84. The van der Waals surface area contributed by atoms with Crippen LogP contribution < -0.4 is 15.2 Å². The highest BCUT2D eigenvalue weighted by molar-refractivity contribution is 5.47. The van der Waals surface area contributed by atoms with Gasteiger partial charge in [0, 0.05) is 11.3 Å². The van der Waals surface area contributed by atoms with Gasteiger partial charge >= 0.3 is 0 Å². The number of hydrogen-bond donors (Lipinski definition) is 1. The van der Waals surface area contributed by atoms with Crippen molar-refractivity contribution in [2.24, 2.45) is 0 Å². The van der Waals surface area contributed by atoms with Gasteiger partial charge in [0.15, 0.2) is 11.5 Å². The molecule has 2 aromatic rings. The lowest BCUT2D eigenvalue weighted by Crippen LogP contribution is -2.04. The zero-order valence-corrected chi connectivity index (χ0v) is 11.4. The van der Waals surface area contributed by atoms with Crippen LogP contribution in [0.1, 0.15) is 18.9 Å². The number of halogens is 1. The Morgan fingerprint density at radius 3 is 2.35 bits per heavy atom. The zero-order valence-electron chi connectivity index (χ0n) is 11.4. The van der Waals surface area contributed by atoms with Gasteiger partial charge in [0.05, 0.1) is 6.61 Å². The number of nitrogens with two attached hydrogens (primary N) is 1. The van der Waals surface area contributed by atoms with Crippen LogP contribution in [0.4, 0.5) is 10.1 Å². The third-order valence-electron chi connectivity index (χ3n) is 2.84. The molecule has 0 radical (unpaired) electrons. The van der Waals surface area contributed by atoms with Crippen LogP contribution in [0.2, 0.25) is 0 Å². The van der Waals surface area contributed by atoms with E-state index < -0.39 is 0 Å². The highest BCUT2D eigenvalue weighted by Gasteiger charge is 2.09. The molecular weight excluding hydrogens is 257 g/mol. The van der Waals surface area contributed by atoms with Gasteiger partial charge in [-0.15, -0.1) is 0 Å². The minimum atomic E-state index is -0.364. The van der Waals surface area contributed by atoms with E-state index in [9.17, 15) is 4.39 Å². The average Bonchev–Trinajstić information content (AvgIpc) is 2.45. The predicted octanol–water partition coefficient (Wildman–Crippen LogP) is 3.78. The summed E-state index contributed by atoms with van der Waals surface area (Å²) in [6.45, 7) is 2.72. The van der Waals surface area contributed by atoms with Crippen LogP contribution in [-0.2, 0) is 6.61 Å². The van der Waals surface area contributed by atoms with Gasteiger partial charge in [-0.25, -0.2) is 4.39 Å². The molecular formula is C16H18FNO2. The van der Waals surface area contributed by atoms with Crippen LogP contribution in [-0.4, -0.2) is 6.61 Å². The standard InChI is InChI=1S/C16H18FNO2/c1-2-10-19-15-8-3-4-9-16(15)20-11-12-13(17)6-5-7-14(12)18/h3-9H,2,10-11,18H2,1H3. The van der Waals surface area contributed by atoms with Gasteiger partial charge < -0.3 is 15.2 Å². The molecule has 0 unspecified atom stereocenters. The summed E-state index contributed by atoms with van der Waals surface area (Å²) >= 11 is 0. The number of ether oxygens (including phenoxy) is 2. The van der Waals surface area contributed by atoms with Gasteiger partial charge in [-0.05, 0) is 30.7 Å². The van der Waals surface area contributed by atoms with Crippen molar-refractivity contribution in [2.75, 3.05) is 12.3 Å². The molecule has 0 heterocycles. The van der Waals surface area contributed by atoms with Crippen molar-refractivity contribution in [1.29, 1.82) is 0 Å². The lowest BCUT2D eigenvalue weighted by atomic mass is 10.2. The molecule has 0 atom stereocenters. The first-order valence-electron chi connectivity index (χ1n) is 6.60. The fraction of sp³-hybridized carbons (Fsp3) is 0.250. The molecule has 106 valence electrons. The quantitative estimate of drug-likeness (QED) is 0.816. The summed E-state index contributed by atoms with van der Waals surface area (Å²) in [5.41, 5.74) is 6.50. The van der Waals surface area contributed by atoms with Crippen molar-refractivity contribution in [3.05, 3.63) is 53.8 Å². The molecule has 0 aliphatic heterocycles. The molecule has 0 saturated carbocycles. The summed E-state index contributed by atoms with van der Waals surface area (Å²) in [6.07, 6.45) is 0.911. The molecule has 0 aromatic heterocycles. The Bertz CT molecular complexity index is 552. The summed E-state index contributed by atoms with van der Waals surface area (Å²) in [7, 11) is 0. The van der Waals surface area contributed by atoms with Crippen LogP contribution in [0.15, 0.2) is 42.5 Å². The van der Waals surface area contributed by atoms with Gasteiger partial charge in [0.25, 0.3) is 0 Å². The van der Waals surface area contributed by atoms with E-state index in [1.807, 2.05) is 25.1 Å². The second-order valence-electron chi connectivity index (χ2n) is 4.39. The number of para-hydroxylation sites is 2. The summed E-state index contributed by atoms with van der Waals surface area (Å²) in [4.78, 5) is 0. The lowest BCUT2D eigenvalue weighted by Gasteiger charge is -2.13. The zero-order chi connectivity index (χ0) is 14.4. The highest BCUT2D eigenvalue weighted by Crippen LogP contribution is 2.28. The van der Waals surface area contributed by atoms with Gasteiger partial charge in [-0.1, -0.05) is 25.1 Å². The van der Waals surface area contributed by atoms with E-state index in [1.54, 1.807) is 18.2 Å². The maximum absolute atomic E-state index is 13.7. The van der Waals surface area contributed by atoms with Crippen molar-refractivity contribution < 1.29 is 13.9 Å². The number of rotatable bonds is 6. The molecule has 0 amide bonds. The maximum atomic E-state index is 13.7. The van der Waals surface area contributed by atoms with E-state index in [0.717, 1.165) is 6.42 Å². The molecule has 0 aliphatic rings. The Labute approximate surface area is 118 Å². The molecule has 2 N–H and O–H groups in total. The van der Waals surface area contributed by atoms with Crippen molar-refractivity contribution in [1.82, 2.24) is 0 Å². The Hall–Kier alpha value is -2.23. The first-order valence-corrected chi connectivity index (χ1v) is 6.60. The molecule has 0 bridgehead atoms. The van der Waals surface area contributed by atoms with Crippen LogP contribution in [0.25, 0.3) is 0 Å². The van der Waals surface area contributed by atoms with E-state index in [0.29, 0.717) is 29.4 Å². The second-order valence-corrected chi connectivity index (χ2v) is 4.39. The number of nitrogen functional groups attached to an aromatic ring is 1. The van der Waals surface area contributed by atoms with Crippen LogP contribution >= 0.6 is 0 Å². The Balaban J connectivity index is 2.11. The molecule has 4 heteroatoms. The predicted molar refractivity (Wildman–Crippen MR) is 77.4 cm³/mol. The van der Waals surface area contributed by atoms with Crippen molar-refractivity contribution in [3.63, 3.8) is 0 Å². The smallest absolute Gasteiger partial charge is 0.161 e. The van der Waals surface area contributed by atoms with Gasteiger partial charge in [-0.3, -0.25) is 0 Å². The summed E-state index contributed by atoms with van der Waals surface area (Å²) in [6, 6.07) is 11.9. The first kappa shape index (κ1) is 14.2. The third kappa shape index (κ3) is 3.41. The average molecular weight is 275 g/mol. The van der Waals surface area contributed by atoms with E-state index in [2.05, 4.69) is 0 Å². The molecule has 0 fully saturated rings. The molecule has 0 aliphatic carbocycles.